The van der Waals surface area contributed by atoms with Gasteiger partial charge in [0.25, 0.3) is 0 Å². The summed E-state index contributed by atoms with van der Waals surface area (Å²) in [5, 5.41) is 11.2. The van der Waals surface area contributed by atoms with Gasteiger partial charge in [-0.15, -0.1) is 0 Å². The van der Waals surface area contributed by atoms with Crippen molar-refractivity contribution in [2.24, 2.45) is 11.8 Å². The highest BCUT2D eigenvalue weighted by Gasteiger charge is 2.39. The Morgan fingerprint density at radius 2 is 1.35 bits per heavy atom. The first-order valence-corrected chi connectivity index (χ1v) is 15.4. The smallest absolute Gasteiger partial charge is 0.191 e. The monoisotopic (exact) mass is 483 g/mol. The SMILES string of the molecule is C[C@H](CO[Si](C)(C)C(C)(C)C)[C@H](O)[C@H](C)C(=O)[C@H](C)N(Cc1ccccc1)Cc1ccccc1. The number of aliphatic hydroxyl groups is 1. The molecule has 0 spiro atoms. The van der Waals surface area contributed by atoms with Gasteiger partial charge in [-0.05, 0) is 36.2 Å². The standard InChI is InChI=1S/C29H45NO3Si/c1-22(21-33-34(7,8)29(4,5)6)27(31)23(2)28(32)24(3)30(19-25-15-11-9-12-16-25)20-26-17-13-10-14-18-26/h9-18,22-24,27,31H,19-21H2,1-8H3/t22-,23+,24+,27+/m1/s1. The lowest BCUT2D eigenvalue weighted by atomic mass is 9.87. The molecule has 1 N–H and O–H groups in total. The maximum Gasteiger partial charge on any atom is 0.191 e. The van der Waals surface area contributed by atoms with E-state index < -0.39 is 20.3 Å². The van der Waals surface area contributed by atoms with Gasteiger partial charge >= 0.3 is 0 Å². The largest absolute Gasteiger partial charge is 0.416 e. The maximum absolute atomic E-state index is 13.5. The van der Waals surface area contributed by atoms with Crippen molar-refractivity contribution in [1.29, 1.82) is 0 Å². The Hall–Kier alpha value is -1.79. The number of Topliss-reactive ketones (excluding diaryl/α,β-unsaturated/α-hetero) is 1. The molecule has 0 saturated carbocycles. The molecule has 0 aliphatic heterocycles. The summed E-state index contributed by atoms with van der Waals surface area (Å²) >= 11 is 0. The average molecular weight is 484 g/mol. The van der Waals surface area contributed by atoms with Gasteiger partial charge < -0.3 is 9.53 Å². The third-order valence-corrected chi connectivity index (χ3v) is 12.0. The van der Waals surface area contributed by atoms with Crippen molar-refractivity contribution in [3.8, 4) is 0 Å². The summed E-state index contributed by atoms with van der Waals surface area (Å²) in [6.07, 6.45) is -0.741. The number of carbonyl (C=O) groups is 1. The Morgan fingerprint density at radius 3 is 1.76 bits per heavy atom. The van der Waals surface area contributed by atoms with Crippen LogP contribution in [0, 0.1) is 11.8 Å². The number of aliphatic hydroxyl groups excluding tert-OH is 1. The summed E-state index contributed by atoms with van der Waals surface area (Å²) < 4.78 is 6.33. The molecule has 0 unspecified atom stereocenters. The van der Waals surface area contributed by atoms with Crippen LogP contribution in [0.4, 0.5) is 0 Å². The molecule has 0 fully saturated rings. The van der Waals surface area contributed by atoms with Crippen LogP contribution in [0.5, 0.6) is 0 Å². The molecule has 0 aliphatic carbocycles. The van der Waals surface area contributed by atoms with E-state index in [2.05, 4.69) is 63.0 Å². The molecule has 34 heavy (non-hydrogen) atoms. The number of rotatable bonds is 12. The van der Waals surface area contributed by atoms with Gasteiger partial charge in [0.2, 0.25) is 0 Å². The molecule has 2 aromatic carbocycles. The molecule has 0 aliphatic rings. The topological polar surface area (TPSA) is 49.8 Å². The zero-order chi connectivity index (χ0) is 25.5. The van der Waals surface area contributed by atoms with E-state index in [1.807, 2.05) is 57.2 Å². The van der Waals surface area contributed by atoms with Crippen LogP contribution in [0.25, 0.3) is 0 Å². The van der Waals surface area contributed by atoms with Crippen LogP contribution in [0.2, 0.25) is 18.1 Å². The van der Waals surface area contributed by atoms with Gasteiger partial charge in [-0.3, -0.25) is 9.69 Å². The van der Waals surface area contributed by atoms with Crippen molar-refractivity contribution < 1.29 is 14.3 Å². The highest BCUT2D eigenvalue weighted by molar-refractivity contribution is 6.74. The van der Waals surface area contributed by atoms with E-state index >= 15 is 0 Å². The van der Waals surface area contributed by atoms with Crippen LogP contribution in [-0.4, -0.2) is 42.9 Å². The minimum Gasteiger partial charge on any atom is -0.416 e. The molecule has 188 valence electrons. The lowest BCUT2D eigenvalue weighted by Crippen LogP contribution is -2.46. The zero-order valence-electron chi connectivity index (χ0n) is 22.4. The van der Waals surface area contributed by atoms with Crippen molar-refractivity contribution in [2.45, 2.75) is 84.9 Å². The van der Waals surface area contributed by atoms with Crippen molar-refractivity contribution in [3.63, 3.8) is 0 Å². The number of benzene rings is 2. The molecule has 4 nitrogen and oxygen atoms in total. The Kier molecular flexibility index (Phi) is 10.3. The Morgan fingerprint density at radius 1 is 0.912 bits per heavy atom. The second-order valence-electron chi connectivity index (χ2n) is 11.3. The first-order chi connectivity index (χ1) is 15.8. The fraction of sp³-hybridized carbons (Fsp3) is 0.552. The van der Waals surface area contributed by atoms with E-state index in [9.17, 15) is 9.90 Å². The molecule has 0 aromatic heterocycles. The third-order valence-electron chi connectivity index (χ3n) is 7.47. The molecule has 0 heterocycles. The Labute approximate surface area is 208 Å². The predicted octanol–water partition coefficient (Wildman–Crippen LogP) is 6.30. The van der Waals surface area contributed by atoms with E-state index in [0.717, 1.165) is 0 Å². The summed E-state index contributed by atoms with van der Waals surface area (Å²) in [6, 6.07) is 20.2. The number of ketones is 1. The van der Waals surface area contributed by atoms with E-state index in [1.54, 1.807) is 0 Å². The number of carbonyl (C=O) groups excluding carboxylic acids is 1. The van der Waals surface area contributed by atoms with Gasteiger partial charge in [0, 0.05) is 31.5 Å². The summed E-state index contributed by atoms with van der Waals surface area (Å²) in [4.78, 5) is 15.7. The lowest BCUT2D eigenvalue weighted by Gasteiger charge is -2.38. The molecule has 2 aromatic rings. The first-order valence-electron chi connectivity index (χ1n) is 12.5. The van der Waals surface area contributed by atoms with Crippen LogP contribution in [-0.2, 0) is 22.3 Å². The van der Waals surface area contributed by atoms with Crippen LogP contribution in [0.15, 0.2) is 60.7 Å². The summed E-state index contributed by atoms with van der Waals surface area (Å²) in [6.45, 7) is 18.7. The fourth-order valence-electron chi connectivity index (χ4n) is 3.84. The summed E-state index contributed by atoms with van der Waals surface area (Å²) in [5.41, 5.74) is 2.34. The second-order valence-corrected chi connectivity index (χ2v) is 16.1. The van der Waals surface area contributed by atoms with Crippen molar-refractivity contribution in [2.75, 3.05) is 6.61 Å². The van der Waals surface area contributed by atoms with Crippen molar-refractivity contribution in [1.82, 2.24) is 4.90 Å². The number of nitrogens with zero attached hydrogens (tertiary/aromatic N) is 1. The van der Waals surface area contributed by atoms with E-state index in [1.165, 1.54) is 11.1 Å². The highest BCUT2D eigenvalue weighted by atomic mass is 28.4. The quantitative estimate of drug-likeness (QED) is 0.360. The molecule has 4 atom stereocenters. The highest BCUT2D eigenvalue weighted by Crippen LogP contribution is 2.37. The van der Waals surface area contributed by atoms with E-state index in [0.29, 0.717) is 19.7 Å². The van der Waals surface area contributed by atoms with Gasteiger partial charge in [-0.1, -0.05) is 95.3 Å². The molecule has 5 heteroatoms. The van der Waals surface area contributed by atoms with Gasteiger partial charge in [0.15, 0.2) is 14.1 Å². The average Bonchev–Trinajstić information content (AvgIpc) is 2.80. The van der Waals surface area contributed by atoms with Crippen LogP contribution in [0.3, 0.4) is 0 Å². The molecular formula is C29H45NO3Si. The normalized spacial score (nSPS) is 16.2. The molecule has 0 bridgehead atoms. The number of hydrogen-bond acceptors (Lipinski definition) is 4. The molecule has 0 radical (unpaired) electrons. The fourth-order valence-corrected chi connectivity index (χ4v) is 4.95. The summed E-state index contributed by atoms with van der Waals surface area (Å²) in [7, 11) is -1.91. The first kappa shape index (κ1) is 28.4. The van der Waals surface area contributed by atoms with Gasteiger partial charge in [-0.25, -0.2) is 0 Å². The van der Waals surface area contributed by atoms with E-state index in [-0.39, 0.29) is 22.8 Å². The Bertz CT molecular complexity index is 838. The number of hydrogen-bond donors (Lipinski definition) is 1. The van der Waals surface area contributed by atoms with Gasteiger partial charge in [0.05, 0.1) is 12.1 Å². The van der Waals surface area contributed by atoms with Crippen LogP contribution < -0.4 is 0 Å². The van der Waals surface area contributed by atoms with E-state index in [4.69, 9.17) is 4.43 Å². The summed E-state index contributed by atoms with van der Waals surface area (Å²) in [5.74, 6) is -0.516. The second kappa shape index (κ2) is 12.3. The van der Waals surface area contributed by atoms with Crippen LogP contribution >= 0.6 is 0 Å². The van der Waals surface area contributed by atoms with Gasteiger partial charge in [0.1, 0.15) is 0 Å². The molecule has 0 amide bonds. The van der Waals surface area contributed by atoms with Crippen molar-refractivity contribution in [3.05, 3.63) is 71.8 Å². The molecular weight excluding hydrogens is 438 g/mol. The predicted molar refractivity (Wildman–Crippen MR) is 144 cm³/mol. The van der Waals surface area contributed by atoms with Crippen molar-refractivity contribution >= 4 is 14.1 Å². The lowest BCUT2D eigenvalue weighted by molar-refractivity contribution is -0.132. The van der Waals surface area contributed by atoms with Gasteiger partial charge in [-0.2, -0.15) is 0 Å². The third kappa shape index (κ3) is 7.87. The Balaban J connectivity index is 2.10. The van der Waals surface area contributed by atoms with Crippen LogP contribution in [0.1, 0.15) is 52.7 Å². The maximum atomic E-state index is 13.5. The molecule has 2 rings (SSSR count). The minimum atomic E-state index is -1.91. The minimum absolute atomic E-state index is 0.0681. The zero-order valence-corrected chi connectivity index (χ0v) is 23.4. The molecule has 0 saturated heterocycles.